The maximum absolute atomic E-state index is 12.8. The van der Waals surface area contributed by atoms with Crippen LogP contribution in [0.5, 0.6) is 5.75 Å². The van der Waals surface area contributed by atoms with Crippen molar-refractivity contribution in [3.63, 3.8) is 0 Å². The monoisotopic (exact) mass is 378 g/mol. The molecule has 0 spiro atoms. The van der Waals surface area contributed by atoms with Gasteiger partial charge in [0.05, 0.1) is 17.5 Å². The maximum Gasteiger partial charge on any atom is 0.387 e. The molecular formula is C19H24F2N4O2. The van der Waals surface area contributed by atoms with Crippen LogP contribution >= 0.6 is 0 Å². The highest BCUT2D eigenvalue weighted by molar-refractivity contribution is 6.00. The summed E-state index contributed by atoms with van der Waals surface area (Å²) in [7, 11) is 0. The van der Waals surface area contributed by atoms with Crippen LogP contribution in [0.25, 0.3) is 11.3 Å². The van der Waals surface area contributed by atoms with E-state index >= 15 is 0 Å². The van der Waals surface area contributed by atoms with Crippen molar-refractivity contribution in [2.24, 2.45) is 11.7 Å². The number of nitrogens with two attached hydrogens (primary N) is 1. The molecule has 2 aromatic rings. The summed E-state index contributed by atoms with van der Waals surface area (Å²) in [5, 5.41) is 9.74. The molecule has 1 aromatic carbocycles. The van der Waals surface area contributed by atoms with Gasteiger partial charge in [-0.25, -0.2) is 0 Å². The Morgan fingerprint density at radius 3 is 2.81 bits per heavy atom. The second-order valence-electron chi connectivity index (χ2n) is 6.78. The van der Waals surface area contributed by atoms with Crippen LogP contribution in [-0.4, -0.2) is 35.3 Å². The van der Waals surface area contributed by atoms with Crippen LogP contribution in [0.4, 0.5) is 8.78 Å². The summed E-state index contributed by atoms with van der Waals surface area (Å²) in [5.41, 5.74) is 7.23. The van der Waals surface area contributed by atoms with Gasteiger partial charge >= 0.3 is 6.61 Å². The Morgan fingerprint density at radius 1 is 1.33 bits per heavy atom. The number of aromatic amines is 1. The fourth-order valence-electron chi connectivity index (χ4n) is 3.66. The molecule has 1 aliphatic carbocycles. The van der Waals surface area contributed by atoms with Crippen LogP contribution in [0.3, 0.4) is 0 Å². The van der Waals surface area contributed by atoms with E-state index < -0.39 is 6.61 Å². The molecule has 1 fully saturated rings. The summed E-state index contributed by atoms with van der Waals surface area (Å²) in [5.74, 6) is 0.122. The van der Waals surface area contributed by atoms with Gasteiger partial charge in [-0.3, -0.25) is 9.89 Å². The highest BCUT2D eigenvalue weighted by Crippen LogP contribution is 2.28. The number of halogens is 2. The molecule has 0 aliphatic heterocycles. The van der Waals surface area contributed by atoms with E-state index in [0.717, 1.165) is 25.7 Å². The van der Waals surface area contributed by atoms with Gasteiger partial charge < -0.3 is 15.8 Å². The summed E-state index contributed by atoms with van der Waals surface area (Å²) < 4.78 is 29.3. The van der Waals surface area contributed by atoms with Crippen molar-refractivity contribution in [2.45, 2.75) is 44.8 Å². The third-order valence-corrected chi connectivity index (χ3v) is 5.02. The van der Waals surface area contributed by atoms with Crippen molar-refractivity contribution in [3.8, 4) is 17.0 Å². The molecule has 1 unspecified atom stereocenters. The summed E-state index contributed by atoms with van der Waals surface area (Å²) in [6.45, 7) is -2.54. The van der Waals surface area contributed by atoms with Crippen molar-refractivity contribution in [1.82, 2.24) is 15.5 Å². The topological polar surface area (TPSA) is 93.0 Å². The molecule has 146 valence electrons. The number of hydrogen-bond donors (Lipinski definition) is 3. The number of H-pyrrole nitrogens is 1. The molecule has 27 heavy (non-hydrogen) atoms. The number of ether oxygens (including phenoxy) is 1. The average Bonchev–Trinajstić information content (AvgIpc) is 3.16. The van der Waals surface area contributed by atoms with Crippen LogP contribution in [0.2, 0.25) is 0 Å². The third kappa shape index (κ3) is 4.82. The SMILES string of the molecule is NCC(NC(=O)c1cn[nH]c1-c1cccc(OC(F)F)c1)C1CCCCC1. The van der Waals surface area contributed by atoms with E-state index in [0.29, 0.717) is 29.3 Å². The number of amides is 1. The number of nitrogens with one attached hydrogen (secondary N) is 2. The lowest BCUT2D eigenvalue weighted by atomic mass is 9.84. The molecule has 8 heteroatoms. The number of carbonyl (C=O) groups is 1. The van der Waals surface area contributed by atoms with Crippen LogP contribution in [0.15, 0.2) is 30.5 Å². The van der Waals surface area contributed by atoms with Gasteiger partial charge in [-0.05, 0) is 30.9 Å². The molecule has 6 nitrogen and oxygen atoms in total. The van der Waals surface area contributed by atoms with Gasteiger partial charge in [-0.1, -0.05) is 31.4 Å². The smallest absolute Gasteiger partial charge is 0.387 e. The zero-order valence-corrected chi connectivity index (χ0v) is 15.0. The molecule has 1 aliphatic rings. The van der Waals surface area contributed by atoms with E-state index in [4.69, 9.17) is 5.73 Å². The Labute approximate surface area is 156 Å². The summed E-state index contributed by atoms with van der Waals surface area (Å²) in [6.07, 6.45) is 7.10. The van der Waals surface area contributed by atoms with E-state index in [-0.39, 0.29) is 17.7 Å². The van der Waals surface area contributed by atoms with Gasteiger partial charge in [0.15, 0.2) is 0 Å². The van der Waals surface area contributed by atoms with Crippen LogP contribution in [-0.2, 0) is 0 Å². The number of carbonyl (C=O) groups excluding carboxylic acids is 1. The van der Waals surface area contributed by atoms with E-state index in [2.05, 4.69) is 20.3 Å². The van der Waals surface area contributed by atoms with Gasteiger partial charge in [0.25, 0.3) is 5.91 Å². The lowest BCUT2D eigenvalue weighted by molar-refractivity contribution is -0.0498. The summed E-state index contributed by atoms with van der Waals surface area (Å²) >= 11 is 0. The second-order valence-corrected chi connectivity index (χ2v) is 6.78. The molecule has 0 bridgehead atoms. The van der Waals surface area contributed by atoms with Gasteiger partial charge in [0.1, 0.15) is 5.75 Å². The molecule has 0 radical (unpaired) electrons. The quantitative estimate of drug-likeness (QED) is 0.689. The predicted octanol–water partition coefficient (Wildman–Crippen LogP) is 3.32. The average molecular weight is 378 g/mol. The van der Waals surface area contributed by atoms with Gasteiger partial charge in [-0.2, -0.15) is 13.9 Å². The summed E-state index contributed by atoms with van der Waals surface area (Å²) in [4.78, 5) is 12.8. The van der Waals surface area contributed by atoms with Gasteiger partial charge in [0, 0.05) is 18.2 Å². The van der Waals surface area contributed by atoms with Crippen molar-refractivity contribution in [2.75, 3.05) is 6.54 Å². The molecule has 1 aromatic heterocycles. The number of aromatic nitrogens is 2. The Balaban J connectivity index is 1.76. The fraction of sp³-hybridized carbons (Fsp3) is 0.474. The van der Waals surface area contributed by atoms with E-state index in [9.17, 15) is 13.6 Å². The molecule has 1 amide bonds. The third-order valence-electron chi connectivity index (χ3n) is 5.02. The van der Waals surface area contributed by atoms with Crippen molar-refractivity contribution in [3.05, 3.63) is 36.0 Å². The molecule has 0 saturated heterocycles. The normalized spacial score (nSPS) is 16.3. The van der Waals surface area contributed by atoms with Crippen molar-refractivity contribution in [1.29, 1.82) is 0 Å². The lowest BCUT2D eigenvalue weighted by Crippen LogP contribution is -2.45. The first-order valence-corrected chi connectivity index (χ1v) is 9.18. The Kier molecular flexibility index (Phi) is 6.39. The highest BCUT2D eigenvalue weighted by Gasteiger charge is 2.26. The molecule has 1 atom stereocenters. The van der Waals surface area contributed by atoms with Gasteiger partial charge in [-0.15, -0.1) is 0 Å². The highest BCUT2D eigenvalue weighted by atomic mass is 19.3. The molecule has 1 saturated carbocycles. The van der Waals surface area contributed by atoms with E-state index in [1.165, 1.54) is 24.8 Å². The largest absolute Gasteiger partial charge is 0.435 e. The maximum atomic E-state index is 12.8. The first-order valence-electron chi connectivity index (χ1n) is 9.18. The van der Waals surface area contributed by atoms with E-state index in [1.807, 2.05) is 0 Å². The first kappa shape index (κ1) is 19.3. The Bertz CT molecular complexity index is 760. The Hall–Kier alpha value is -2.48. The standard InChI is InChI=1S/C19H24F2N4O2/c20-19(21)27-14-8-4-7-13(9-14)17-15(11-23-25-17)18(26)24-16(10-22)12-5-2-1-3-6-12/h4,7-9,11-12,16,19H,1-3,5-6,10,22H2,(H,23,25)(H,24,26). The van der Waals surface area contributed by atoms with Crippen LogP contribution < -0.4 is 15.8 Å². The summed E-state index contributed by atoms with van der Waals surface area (Å²) in [6, 6.07) is 6.07. The first-order chi connectivity index (χ1) is 13.1. The number of nitrogens with zero attached hydrogens (tertiary/aromatic N) is 1. The molecular weight excluding hydrogens is 354 g/mol. The molecule has 4 N–H and O–H groups in total. The minimum Gasteiger partial charge on any atom is -0.435 e. The minimum absolute atomic E-state index is 0.0190. The zero-order valence-electron chi connectivity index (χ0n) is 15.0. The molecule has 1 heterocycles. The predicted molar refractivity (Wildman–Crippen MR) is 97.5 cm³/mol. The second kappa shape index (κ2) is 8.94. The number of alkyl halides is 2. The van der Waals surface area contributed by atoms with Crippen LogP contribution in [0.1, 0.15) is 42.5 Å². The Morgan fingerprint density at radius 2 is 2.11 bits per heavy atom. The minimum atomic E-state index is -2.91. The van der Waals surface area contributed by atoms with Gasteiger partial charge in [0.2, 0.25) is 0 Å². The number of benzene rings is 1. The van der Waals surface area contributed by atoms with Crippen molar-refractivity contribution >= 4 is 5.91 Å². The van der Waals surface area contributed by atoms with Crippen LogP contribution in [0, 0.1) is 5.92 Å². The lowest BCUT2D eigenvalue weighted by Gasteiger charge is -2.30. The fourth-order valence-corrected chi connectivity index (χ4v) is 3.66. The number of rotatable bonds is 7. The van der Waals surface area contributed by atoms with Crippen molar-refractivity contribution < 1.29 is 18.3 Å². The van der Waals surface area contributed by atoms with E-state index in [1.54, 1.807) is 12.1 Å². The number of hydrogen-bond acceptors (Lipinski definition) is 4. The zero-order chi connectivity index (χ0) is 19.2. The molecule has 3 rings (SSSR count).